The van der Waals surface area contributed by atoms with E-state index in [4.69, 9.17) is 4.52 Å². The van der Waals surface area contributed by atoms with Crippen LogP contribution in [0.15, 0.2) is 59.1 Å². The predicted octanol–water partition coefficient (Wildman–Crippen LogP) is 5.82. The number of aryl methyl sites for hydroxylation is 3. The Hall–Kier alpha value is -3.39. The van der Waals surface area contributed by atoms with Gasteiger partial charge in [0.1, 0.15) is 5.76 Å². The number of hydrogen-bond donors (Lipinski definition) is 0. The molecule has 1 heterocycles. The van der Waals surface area contributed by atoms with Gasteiger partial charge in [0.2, 0.25) is 0 Å². The van der Waals surface area contributed by atoms with Gasteiger partial charge in [0.15, 0.2) is 0 Å². The number of aromatic nitrogens is 1. The lowest BCUT2D eigenvalue weighted by Crippen LogP contribution is -2.29. The summed E-state index contributed by atoms with van der Waals surface area (Å²) < 4.78 is 5.41. The Balaban J connectivity index is 1.50. The maximum absolute atomic E-state index is 5.41. The summed E-state index contributed by atoms with van der Waals surface area (Å²) in [5.41, 5.74) is 7.47. The topological polar surface area (TPSA) is 26.0 Å². The molecule has 4 aromatic rings. The van der Waals surface area contributed by atoms with Gasteiger partial charge in [-0.25, -0.2) is 0 Å². The van der Waals surface area contributed by atoms with E-state index in [2.05, 4.69) is 78.0 Å². The molecule has 0 aliphatic heterocycles. The minimum Gasteiger partial charge on any atom is -0.361 e. The van der Waals surface area contributed by atoms with Crippen LogP contribution in [0.3, 0.4) is 0 Å². The zero-order valence-corrected chi connectivity index (χ0v) is 18.0. The number of hydrogen-bond acceptors (Lipinski definition) is 2. The second-order valence-electron chi connectivity index (χ2n) is 8.78. The smallest absolute Gasteiger partial charge is 0.141 e. The fourth-order valence-corrected chi connectivity index (χ4v) is 5.31. The van der Waals surface area contributed by atoms with Gasteiger partial charge in [0.25, 0.3) is 0 Å². The van der Waals surface area contributed by atoms with Crippen LogP contribution in [0.2, 0.25) is 0 Å². The van der Waals surface area contributed by atoms with Crippen LogP contribution in [0.4, 0.5) is 0 Å². The summed E-state index contributed by atoms with van der Waals surface area (Å²) in [6.07, 6.45) is 12.8. The maximum atomic E-state index is 5.41. The Bertz CT molecular complexity index is 1470. The van der Waals surface area contributed by atoms with Crippen molar-refractivity contribution in [1.29, 1.82) is 0 Å². The van der Waals surface area contributed by atoms with Crippen molar-refractivity contribution in [1.82, 2.24) is 5.16 Å². The van der Waals surface area contributed by atoms with Gasteiger partial charge in [-0.15, -0.1) is 0 Å². The Morgan fingerprint density at radius 3 is 2.77 bits per heavy atom. The highest BCUT2D eigenvalue weighted by Crippen LogP contribution is 2.32. The summed E-state index contributed by atoms with van der Waals surface area (Å²) in [5, 5.41) is 9.61. The SMILES string of the molecule is Cc1noc(C)c1-c1cccc(C2C=c3c(ccc4c5c(ccc34)CCC=C5)=CC2)c1. The van der Waals surface area contributed by atoms with E-state index < -0.39 is 0 Å². The molecule has 0 radical (unpaired) electrons. The largest absolute Gasteiger partial charge is 0.361 e. The van der Waals surface area contributed by atoms with E-state index in [0.29, 0.717) is 5.92 Å². The fraction of sp³-hybridized carbons (Fsp3) is 0.207. The van der Waals surface area contributed by atoms with Crippen molar-refractivity contribution in [2.24, 2.45) is 0 Å². The van der Waals surface area contributed by atoms with Crippen LogP contribution in [0.1, 0.15) is 46.9 Å². The Kier molecular flexibility index (Phi) is 4.21. The number of nitrogens with zero attached hydrogens (tertiary/aromatic N) is 1. The van der Waals surface area contributed by atoms with Crippen LogP contribution in [0.25, 0.3) is 40.1 Å². The molecule has 0 fully saturated rings. The van der Waals surface area contributed by atoms with Crippen molar-refractivity contribution >= 4 is 29.0 Å². The van der Waals surface area contributed by atoms with Gasteiger partial charge < -0.3 is 4.52 Å². The number of benzene rings is 3. The molecule has 0 N–H and O–H groups in total. The molecule has 0 saturated carbocycles. The molecule has 1 unspecified atom stereocenters. The van der Waals surface area contributed by atoms with Gasteiger partial charge in [0, 0.05) is 11.5 Å². The van der Waals surface area contributed by atoms with Crippen molar-refractivity contribution in [3.63, 3.8) is 0 Å². The molecule has 0 spiro atoms. The lowest BCUT2D eigenvalue weighted by atomic mass is 9.86. The molecule has 2 aliphatic rings. The van der Waals surface area contributed by atoms with E-state index in [0.717, 1.165) is 36.3 Å². The molecule has 2 nitrogen and oxygen atoms in total. The van der Waals surface area contributed by atoms with E-state index >= 15 is 0 Å². The lowest BCUT2D eigenvalue weighted by Gasteiger charge is -2.18. The van der Waals surface area contributed by atoms with Gasteiger partial charge in [-0.05, 0) is 76.6 Å². The second kappa shape index (κ2) is 7.09. The molecule has 3 aromatic carbocycles. The summed E-state index contributed by atoms with van der Waals surface area (Å²) in [4.78, 5) is 0. The first-order valence-corrected chi connectivity index (χ1v) is 11.2. The minimum atomic E-state index is 0.366. The van der Waals surface area contributed by atoms with Crippen LogP contribution in [0, 0.1) is 13.8 Å². The van der Waals surface area contributed by atoms with Crippen molar-refractivity contribution in [3.8, 4) is 11.1 Å². The quantitative estimate of drug-likeness (QED) is 0.421. The highest BCUT2D eigenvalue weighted by molar-refractivity contribution is 5.93. The summed E-state index contributed by atoms with van der Waals surface area (Å²) in [7, 11) is 0. The van der Waals surface area contributed by atoms with E-state index in [9.17, 15) is 0 Å². The molecule has 6 rings (SSSR count). The van der Waals surface area contributed by atoms with E-state index in [1.54, 1.807) is 0 Å². The van der Waals surface area contributed by atoms with E-state index in [-0.39, 0.29) is 0 Å². The van der Waals surface area contributed by atoms with Crippen LogP contribution >= 0.6 is 0 Å². The highest BCUT2D eigenvalue weighted by atomic mass is 16.5. The van der Waals surface area contributed by atoms with Crippen LogP contribution in [-0.4, -0.2) is 5.16 Å². The van der Waals surface area contributed by atoms with E-state index in [1.807, 2.05) is 13.8 Å². The van der Waals surface area contributed by atoms with Gasteiger partial charge >= 0.3 is 0 Å². The van der Waals surface area contributed by atoms with Gasteiger partial charge in [-0.3, -0.25) is 0 Å². The van der Waals surface area contributed by atoms with Gasteiger partial charge in [-0.2, -0.15) is 0 Å². The van der Waals surface area contributed by atoms with Crippen molar-refractivity contribution < 1.29 is 4.52 Å². The third-order valence-corrected chi connectivity index (χ3v) is 6.87. The molecular weight excluding hydrogens is 378 g/mol. The molecule has 1 aromatic heterocycles. The summed E-state index contributed by atoms with van der Waals surface area (Å²) in [5.74, 6) is 1.24. The molecule has 31 heavy (non-hydrogen) atoms. The zero-order chi connectivity index (χ0) is 20.9. The number of fused-ring (bicyclic) bond motifs is 5. The third-order valence-electron chi connectivity index (χ3n) is 6.87. The van der Waals surface area contributed by atoms with Crippen LogP contribution < -0.4 is 10.4 Å². The standard InChI is InChI=1S/C29H25NO/c1-18-29(19(2)31-30-18)24-8-5-7-22(16-24)23-11-10-21-13-14-26-25-9-4-3-6-20(25)12-15-27(26)28(21)17-23/h4-5,7-10,12-17,23H,3,6,11H2,1-2H3. The van der Waals surface area contributed by atoms with Crippen LogP contribution in [0.5, 0.6) is 0 Å². The molecule has 0 amide bonds. The predicted molar refractivity (Wildman–Crippen MR) is 128 cm³/mol. The molecule has 2 heteroatoms. The van der Waals surface area contributed by atoms with Crippen LogP contribution in [-0.2, 0) is 6.42 Å². The van der Waals surface area contributed by atoms with Crippen molar-refractivity contribution in [3.05, 3.63) is 93.2 Å². The minimum absolute atomic E-state index is 0.366. The molecule has 1 atom stereocenters. The zero-order valence-electron chi connectivity index (χ0n) is 18.0. The first-order chi connectivity index (χ1) is 15.2. The Labute approximate surface area is 182 Å². The summed E-state index contributed by atoms with van der Waals surface area (Å²) in [6, 6.07) is 18.1. The second-order valence-corrected chi connectivity index (χ2v) is 8.78. The average Bonchev–Trinajstić information content (AvgIpc) is 3.16. The van der Waals surface area contributed by atoms with Crippen molar-refractivity contribution in [2.75, 3.05) is 0 Å². The molecule has 0 bridgehead atoms. The molecule has 152 valence electrons. The normalized spacial score (nSPS) is 17.0. The maximum Gasteiger partial charge on any atom is 0.141 e. The number of allylic oxidation sites excluding steroid dienone is 1. The molecule has 0 saturated heterocycles. The fourth-order valence-electron chi connectivity index (χ4n) is 5.31. The van der Waals surface area contributed by atoms with Gasteiger partial charge in [0.05, 0.1) is 5.69 Å². The molecule has 2 aliphatic carbocycles. The Morgan fingerprint density at radius 2 is 1.90 bits per heavy atom. The van der Waals surface area contributed by atoms with Crippen molar-refractivity contribution in [2.45, 2.75) is 39.0 Å². The third kappa shape index (κ3) is 2.97. The van der Waals surface area contributed by atoms with Gasteiger partial charge in [-0.1, -0.05) is 78.0 Å². The first kappa shape index (κ1) is 18.4. The van der Waals surface area contributed by atoms with E-state index in [1.165, 1.54) is 43.5 Å². The summed E-state index contributed by atoms with van der Waals surface area (Å²) in [6.45, 7) is 4.00. The highest BCUT2D eigenvalue weighted by Gasteiger charge is 2.17. The molecular formula is C29H25NO. The monoisotopic (exact) mass is 403 g/mol. The number of rotatable bonds is 2. The summed E-state index contributed by atoms with van der Waals surface area (Å²) >= 11 is 0. The first-order valence-electron chi connectivity index (χ1n) is 11.2. The lowest BCUT2D eigenvalue weighted by molar-refractivity contribution is 0.393. The average molecular weight is 404 g/mol. The Morgan fingerprint density at radius 1 is 1.00 bits per heavy atom.